The molecule has 31 heavy (non-hydrogen) atoms. The SMILES string of the molecule is CC(C)S(=O)(=O)N1CCc2nc(NC(=O)Cc3ccc(-c4ccccc4)cc3)sc2C1. The average Bonchev–Trinajstić information content (AvgIpc) is 3.16. The molecule has 6 nitrogen and oxygen atoms in total. The van der Waals surface area contributed by atoms with Crippen molar-refractivity contribution < 1.29 is 13.2 Å². The van der Waals surface area contributed by atoms with Gasteiger partial charge in [-0.2, -0.15) is 4.31 Å². The molecule has 1 N–H and O–H groups in total. The molecule has 1 aliphatic heterocycles. The molecule has 0 unspecified atom stereocenters. The molecule has 1 amide bonds. The summed E-state index contributed by atoms with van der Waals surface area (Å²) in [6, 6.07) is 18.1. The lowest BCUT2D eigenvalue weighted by Crippen LogP contribution is -2.39. The van der Waals surface area contributed by atoms with Gasteiger partial charge in [0.05, 0.1) is 17.4 Å². The van der Waals surface area contributed by atoms with Gasteiger partial charge in [-0.15, -0.1) is 11.3 Å². The number of rotatable bonds is 6. The molecule has 0 spiro atoms. The fraction of sp³-hybridized carbons (Fsp3) is 0.304. The molecule has 0 radical (unpaired) electrons. The molecular formula is C23H25N3O3S2. The average molecular weight is 456 g/mol. The standard InChI is InChI=1S/C23H25N3O3S2/c1-16(2)31(28,29)26-13-12-20-21(15-26)30-23(24-20)25-22(27)14-17-8-10-19(11-9-17)18-6-4-3-5-7-18/h3-11,16H,12-15H2,1-2H3,(H,24,25,27). The van der Waals surface area contributed by atoms with Gasteiger partial charge in [-0.25, -0.2) is 13.4 Å². The highest BCUT2D eigenvalue weighted by Crippen LogP contribution is 2.30. The zero-order valence-corrected chi connectivity index (χ0v) is 19.2. The van der Waals surface area contributed by atoms with Crippen LogP contribution in [-0.2, 0) is 34.2 Å². The molecule has 1 aliphatic rings. The Bertz CT molecular complexity index is 1170. The highest BCUT2D eigenvalue weighted by molar-refractivity contribution is 7.89. The summed E-state index contributed by atoms with van der Waals surface area (Å²) in [5, 5.41) is 2.95. The van der Waals surface area contributed by atoms with Crippen molar-refractivity contribution in [2.45, 2.75) is 38.5 Å². The van der Waals surface area contributed by atoms with Gasteiger partial charge in [0.2, 0.25) is 15.9 Å². The monoisotopic (exact) mass is 455 g/mol. The van der Waals surface area contributed by atoms with Crippen molar-refractivity contribution in [2.24, 2.45) is 0 Å². The van der Waals surface area contributed by atoms with Crippen LogP contribution >= 0.6 is 11.3 Å². The Kier molecular flexibility index (Phi) is 6.22. The first-order valence-corrected chi connectivity index (χ1v) is 12.6. The third-order valence-corrected chi connectivity index (χ3v) is 8.54. The number of nitrogens with zero attached hydrogens (tertiary/aromatic N) is 2. The van der Waals surface area contributed by atoms with E-state index in [0.29, 0.717) is 24.6 Å². The van der Waals surface area contributed by atoms with Gasteiger partial charge in [0.15, 0.2) is 5.13 Å². The van der Waals surface area contributed by atoms with E-state index in [-0.39, 0.29) is 12.3 Å². The van der Waals surface area contributed by atoms with Crippen molar-refractivity contribution in [1.82, 2.24) is 9.29 Å². The number of hydrogen-bond donors (Lipinski definition) is 1. The lowest BCUT2D eigenvalue weighted by atomic mass is 10.0. The molecule has 3 aromatic rings. The van der Waals surface area contributed by atoms with E-state index in [1.54, 1.807) is 13.8 Å². The molecule has 2 aromatic carbocycles. The third kappa shape index (κ3) is 4.87. The number of fused-ring (bicyclic) bond motifs is 1. The van der Waals surface area contributed by atoms with Crippen LogP contribution in [0.1, 0.15) is 30.0 Å². The lowest BCUT2D eigenvalue weighted by molar-refractivity contribution is -0.115. The highest BCUT2D eigenvalue weighted by Gasteiger charge is 2.31. The number of aromatic nitrogens is 1. The molecule has 2 heterocycles. The van der Waals surface area contributed by atoms with E-state index >= 15 is 0 Å². The summed E-state index contributed by atoms with van der Waals surface area (Å²) >= 11 is 1.36. The van der Waals surface area contributed by atoms with E-state index in [4.69, 9.17) is 0 Å². The topological polar surface area (TPSA) is 79.4 Å². The largest absolute Gasteiger partial charge is 0.302 e. The summed E-state index contributed by atoms with van der Waals surface area (Å²) in [7, 11) is -3.30. The molecule has 0 aliphatic carbocycles. The minimum Gasteiger partial charge on any atom is -0.302 e. The summed E-state index contributed by atoms with van der Waals surface area (Å²) in [4.78, 5) is 17.9. The normalized spacial score (nSPS) is 14.4. The Balaban J connectivity index is 1.39. The predicted octanol–water partition coefficient (Wildman–Crippen LogP) is 4.09. The van der Waals surface area contributed by atoms with Gasteiger partial charge in [-0.1, -0.05) is 54.6 Å². The molecular weight excluding hydrogens is 430 g/mol. The van der Waals surface area contributed by atoms with Crippen LogP contribution in [0.4, 0.5) is 5.13 Å². The van der Waals surface area contributed by atoms with Crippen LogP contribution in [0.3, 0.4) is 0 Å². The lowest BCUT2D eigenvalue weighted by Gasteiger charge is -2.26. The second-order valence-electron chi connectivity index (χ2n) is 7.85. The van der Waals surface area contributed by atoms with Crippen LogP contribution in [0.5, 0.6) is 0 Å². The van der Waals surface area contributed by atoms with E-state index in [2.05, 4.69) is 22.4 Å². The van der Waals surface area contributed by atoms with Gasteiger partial charge >= 0.3 is 0 Å². The summed E-state index contributed by atoms with van der Waals surface area (Å²) in [6.45, 7) is 4.13. The number of carbonyl (C=O) groups is 1. The molecule has 1 aromatic heterocycles. The van der Waals surface area contributed by atoms with Gasteiger partial charge in [-0.3, -0.25) is 4.79 Å². The second-order valence-corrected chi connectivity index (χ2v) is 11.4. The fourth-order valence-corrected chi connectivity index (χ4v) is 5.91. The summed E-state index contributed by atoms with van der Waals surface area (Å²) < 4.78 is 26.4. The number of hydrogen-bond acceptors (Lipinski definition) is 5. The maximum absolute atomic E-state index is 12.5. The van der Waals surface area contributed by atoms with Crippen molar-refractivity contribution in [3.8, 4) is 11.1 Å². The molecule has 0 saturated carbocycles. The maximum atomic E-state index is 12.5. The van der Waals surface area contributed by atoms with Crippen molar-refractivity contribution >= 4 is 32.4 Å². The predicted molar refractivity (Wildman–Crippen MR) is 124 cm³/mol. The number of benzene rings is 2. The molecule has 4 rings (SSSR count). The Morgan fingerprint density at radius 1 is 1.10 bits per heavy atom. The first-order valence-electron chi connectivity index (χ1n) is 10.2. The second kappa shape index (κ2) is 8.90. The van der Waals surface area contributed by atoms with Crippen molar-refractivity contribution in [1.29, 1.82) is 0 Å². The van der Waals surface area contributed by atoms with Crippen molar-refractivity contribution in [3.63, 3.8) is 0 Å². The number of anilines is 1. The zero-order chi connectivity index (χ0) is 22.0. The Labute approximate surface area is 187 Å². The molecule has 0 saturated heterocycles. The molecule has 0 fully saturated rings. The van der Waals surface area contributed by atoms with E-state index in [1.807, 2.05) is 42.5 Å². The van der Waals surface area contributed by atoms with Crippen LogP contribution in [0.15, 0.2) is 54.6 Å². The minimum atomic E-state index is -3.30. The van der Waals surface area contributed by atoms with Crippen LogP contribution in [0.25, 0.3) is 11.1 Å². The van der Waals surface area contributed by atoms with E-state index < -0.39 is 15.3 Å². The van der Waals surface area contributed by atoms with E-state index in [1.165, 1.54) is 15.6 Å². The highest BCUT2D eigenvalue weighted by atomic mass is 32.2. The number of thiazole rings is 1. The molecule has 162 valence electrons. The quantitative estimate of drug-likeness (QED) is 0.607. The van der Waals surface area contributed by atoms with Gasteiger partial charge < -0.3 is 5.32 Å². The van der Waals surface area contributed by atoms with Crippen LogP contribution in [0, 0.1) is 0 Å². The third-order valence-electron chi connectivity index (χ3n) is 5.32. The molecule has 0 bridgehead atoms. The summed E-state index contributed by atoms with van der Waals surface area (Å²) in [5.74, 6) is -0.134. The van der Waals surface area contributed by atoms with Crippen LogP contribution < -0.4 is 5.32 Å². The van der Waals surface area contributed by atoms with E-state index in [9.17, 15) is 13.2 Å². The first-order chi connectivity index (χ1) is 14.8. The molecule has 0 atom stereocenters. The minimum absolute atomic E-state index is 0.134. The van der Waals surface area contributed by atoms with E-state index in [0.717, 1.165) is 27.3 Å². The van der Waals surface area contributed by atoms with Crippen molar-refractivity contribution in [3.05, 3.63) is 70.7 Å². The number of nitrogens with one attached hydrogen (secondary N) is 1. The zero-order valence-electron chi connectivity index (χ0n) is 17.5. The first kappa shape index (κ1) is 21.7. The Morgan fingerprint density at radius 3 is 2.45 bits per heavy atom. The van der Waals surface area contributed by atoms with Gasteiger partial charge in [0, 0.05) is 24.4 Å². The number of amides is 1. The van der Waals surface area contributed by atoms with Gasteiger partial charge in [0.1, 0.15) is 0 Å². The number of sulfonamides is 1. The van der Waals surface area contributed by atoms with Gasteiger partial charge in [-0.05, 0) is 30.5 Å². The Hall–Kier alpha value is -2.55. The summed E-state index contributed by atoms with van der Waals surface area (Å²) in [5.41, 5.74) is 4.05. The van der Waals surface area contributed by atoms with Crippen molar-refractivity contribution in [2.75, 3.05) is 11.9 Å². The fourth-order valence-electron chi connectivity index (χ4n) is 3.54. The van der Waals surface area contributed by atoms with Crippen LogP contribution in [0.2, 0.25) is 0 Å². The summed E-state index contributed by atoms with van der Waals surface area (Å²) in [6.07, 6.45) is 0.821. The Morgan fingerprint density at radius 2 is 1.77 bits per heavy atom. The smallest absolute Gasteiger partial charge is 0.230 e. The number of carbonyl (C=O) groups excluding carboxylic acids is 1. The molecule has 8 heteroatoms. The maximum Gasteiger partial charge on any atom is 0.230 e. The van der Waals surface area contributed by atoms with Gasteiger partial charge in [0.25, 0.3) is 0 Å². The van der Waals surface area contributed by atoms with Crippen LogP contribution in [-0.4, -0.2) is 35.4 Å².